The quantitative estimate of drug-likeness (QED) is 0.402. The molecule has 0 aromatic heterocycles. The molecule has 0 spiro atoms. The highest BCUT2D eigenvalue weighted by Crippen LogP contribution is 2.44. The molecule has 1 aliphatic carbocycles. The Kier molecular flexibility index (Phi) is 8.65. The van der Waals surface area contributed by atoms with Crippen molar-refractivity contribution >= 4 is 18.0 Å². The molecule has 1 aliphatic rings. The van der Waals surface area contributed by atoms with E-state index in [-0.39, 0.29) is 38.0 Å². The fraction of sp³-hybridized carbons (Fsp3) is 0.423. The molecule has 182 valence electrons. The minimum atomic E-state index is -1.21. The van der Waals surface area contributed by atoms with Gasteiger partial charge in [-0.2, -0.15) is 0 Å². The molecule has 2 aromatic rings. The van der Waals surface area contributed by atoms with Crippen molar-refractivity contribution < 1.29 is 29.3 Å². The molecule has 8 heteroatoms. The third kappa shape index (κ3) is 6.14. The number of ether oxygens (including phenoxy) is 1. The van der Waals surface area contributed by atoms with E-state index in [1.165, 1.54) is 0 Å². The number of hydrogen-bond acceptors (Lipinski definition) is 5. The van der Waals surface area contributed by atoms with Crippen LogP contribution in [0.15, 0.2) is 48.5 Å². The van der Waals surface area contributed by atoms with E-state index in [9.17, 15) is 19.5 Å². The number of aliphatic hydroxyl groups is 1. The topological polar surface area (TPSA) is 125 Å². The average Bonchev–Trinajstić information content (AvgIpc) is 3.13. The molecular weight excluding hydrogens is 436 g/mol. The molecule has 1 unspecified atom stereocenters. The third-order valence-corrected chi connectivity index (χ3v) is 6.00. The van der Waals surface area contributed by atoms with Crippen LogP contribution in [-0.4, -0.2) is 54.0 Å². The number of benzene rings is 2. The molecule has 34 heavy (non-hydrogen) atoms. The third-order valence-electron chi connectivity index (χ3n) is 6.00. The van der Waals surface area contributed by atoms with Gasteiger partial charge in [-0.15, -0.1) is 0 Å². The van der Waals surface area contributed by atoms with Gasteiger partial charge < -0.3 is 25.6 Å². The summed E-state index contributed by atoms with van der Waals surface area (Å²) in [4.78, 5) is 36.5. The van der Waals surface area contributed by atoms with E-state index in [4.69, 9.17) is 9.84 Å². The fourth-order valence-corrected chi connectivity index (χ4v) is 4.38. The SMILES string of the molecule is CC(C)CC(CNC(=O)OCC1c2ccccc2-c2ccccc21)C(=O)N[C@H](CCO)C(=O)O. The summed E-state index contributed by atoms with van der Waals surface area (Å²) in [6.07, 6.45) is -0.260. The number of nitrogens with one attached hydrogen (secondary N) is 2. The van der Waals surface area contributed by atoms with E-state index in [0.29, 0.717) is 6.42 Å². The molecule has 0 aliphatic heterocycles. The molecule has 2 amide bonds. The highest BCUT2D eigenvalue weighted by molar-refractivity contribution is 5.85. The standard InChI is InChI=1S/C26H32N2O6/c1-16(2)13-17(24(30)28-23(11-12-29)25(31)32)14-27-26(33)34-15-22-20-9-5-3-7-18(20)19-8-4-6-10-21(19)22/h3-10,16-17,22-23,29H,11-15H2,1-2H3,(H,27,33)(H,28,30)(H,31,32)/t17?,23-/m1/s1. The second kappa shape index (κ2) is 11.7. The van der Waals surface area contributed by atoms with E-state index in [0.717, 1.165) is 22.3 Å². The Bertz CT molecular complexity index is 976. The second-order valence-corrected chi connectivity index (χ2v) is 8.94. The van der Waals surface area contributed by atoms with Gasteiger partial charge in [0.05, 0.1) is 5.92 Å². The predicted octanol–water partition coefficient (Wildman–Crippen LogP) is 3.14. The van der Waals surface area contributed by atoms with Crippen molar-refractivity contribution in [3.8, 4) is 11.1 Å². The lowest BCUT2D eigenvalue weighted by atomic mass is 9.95. The highest BCUT2D eigenvalue weighted by atomic mass is 16.5. The molecule has 8 nitrogen and oxygen atoms in total. The highest BCUT2D eigenvalue weighted by Gasteiger charge is 2.30. The van der Waals surface area contributed by atoms with Crippen LogP contribution < -0.4 is 10.6 Å². The maximum Gasteiger partial charge on any atom is 0.407 e. The van der Waals surface area contributed by atoms with Crippen LogP contribution in [0.25, 0.3) is 11.1 Å². The molecule has 0 heterocycles. The summed E-state index contributed by atoms with van der Waals surface area (Å²) in [7, 11) is 0. The first-order chi connectivity index (χ1) is 16.3. The van der Waals surface area contributed by atoms with Crippen molar-refractivity contribution in [1.29, 1.82) is 0 Å². The summed E-state index contributed by atoms with van der Waals surface area (Å²) in [5.74, 6) is -2.23. The van der Waals surface area contributed by atoms with E-state index in [2.05, 4.69) is 22.8 Å². The molecule has 0 saturated carbocycles. The minimum Gasteiger partial charge on any atom is -0.480 e. The van der Waals surface area contributed by atoms with Crippen molar-refractivity contribution in [2.24, 2.45) is 11.8 Å². The number of carbonyl (C=O) groups excluding carboxylic acids is 2. The van der Waals surface area contributed by atoms with E-state index in [1.807, 2.05) is 50.2 Å². The Morgan fingerprint density at radius 2 is 1.59 bits per heavy atom. The second-order valence-electron chi connectivity index (χ2n) is 8.94. The normalized spacial score (nSPS) is 14.1. The summed E-state index contributed by atoms with van der Waals surface area (Å²) in [6.45, 7) is 3.71. The number of carboxylic acid groups (broad SMARTS) is 1. The molecule has 0 saturated heterocycles. The summed E-state index contributed by atoms with van der Waals surface area (Å²) in [5.41, 5.74) is 4.49. The van der Waals surface area contributed by atoms with Crippen molar-refractivity contribution in [2.75, 3.05) is 19.8 Å². The lowest BCUT2D eigenvalue weighted by molar-refractivity contribution is -0.143. The molecule has 0 radical (unpaired) electrons. The number of carboxylic acids is 1. The Morgan fingerprint density at radius 1 is 1.00 bits per heavy atom. The van der Waals surface area contributed by atoms with Crippen LogP contribution in [0, 0.1) is 11.8 Å². The number of amides is 2. The zero-order valence-corrected chi connectivity index (χ0v) is 19.5. The summed E-state index contributed by atoms with van der Waals surface area (Å²) in [5, 5.41) is 23.4. The Balaban J connectivity index is 1.59. The van der Waals surface area contributed by atoms with Gasteiger partial charge in [0.15, 0.2) is 0 Å². The zero-order chi connectivity index (χ0) is 24.7. The molecule has 0 fully saturated rings. The zero-order valence-electron chi connectivity index (χ0n) is 19.5. The van der Waals surface area contributed by atoms with Crippen molar-refractivity contribution in [3.63, 3.8) is 0 Å². The van der Waals surface area contributed by atoms with Crippen molar-refractivity contribution in [3.05, 3.63) is 59.7 Å². The summed E-state index contributed by atoms with van der Waals surface area (Å²) < 4.78 is 5.52. The van der Waals surface area contributed by atoms with Crippen molar-refractivity contribution in [1.82, 2.24) is 10.6 Å². The lowest BCUT2D eigenvalue weighted by Gasteiger charge is -2.22. The molecular formula is C26H32N2O6. The molecule has 2 aromatic carbocycles. The van der Waals surface area contributed by atoms with Crippen LogP contribution >= 0.6 is 0 Å². The monoisotopic (exact) mass is 468 g/mol. The first kappa shape index (κ1) is 25.2. The fourth-order valence-electron chi connectivity index (χ4n) is 4.38. The van der Waals surface area contributed by atoms with Gasteiger partial charge in [0, 0.05) is 25.5 Å². The first-order valence-corrected chi connectivity index (χ1v) is 11.5. The number of hydrogen-bond donors (Lipinski definition) is 4. The first-order valence-electron chi connectivity index (χ1n) is 11.5. The maximum atomic E-state index is 12.7. The number of aliphatic carboxylic acids is 1. The Morgan fingerprint density at radius 3 is 2.12 bits per heavy atom. The number of fused-ring (bicyclic) bond motifs is 3. The number of alkyl carbamates (subject to hydrolysis) is 1. The molecule has 2 atom stereocenters. The van der Waals surface area contributed by atoms with E-state index < -0.39 is 29.9 Å². The molecule has 4 N–H and O–H groups in total. The van der Waals surface area contributed by atoms with E-state index >= 15 is 0 Å². The Labute approximate surface area is 199 Å². The van der Waals surface area contributed by atoms with Crippen LogP contribution in [0.3, 0.4) is 0 Å². The van der Waals surface area contributed by atoms with Crippen LogP contribution in [0.2, 0.25) is 0 Å². The number of rotatable bonds is 11. The molecule has 3 rings (SSSR count). The van der Waals surface area contributed by atoms with Gasteiger partial charge >= 0.3 is 12.1 Å². The Hall–Kier alpha value is -3.39. The predicted molar refractivity (Wildman–Crippen MR) is 127 cm³/mol. The van der Waals surface area contributed by atoms with Crippen LogP contribution in [0.5, 0.6) is 0 Å². The van der Waals surface area contributed by atoms with E-state index in [1.54, 1.807) is 0 Å². The van der Waals surface area contributed by atoms with Gasteiger partial charge in [-0.1, -0.05) is 62.4 Å². The van der Waals surface area contributed by atoms with Gasteiger partial charge in [-0.05, 0) is 34.6 Å². The van der Waals surface area contributed by atoms with Gasteiger partial charge in [0.2, 0.25) is 5.91 Å². The van der Waals surface area contributed by atoms with Gasteiger partial charge in [-0.25, -0.2) is 9.59 Å². The average molecular weight is 469 g/mol. The van der Waals surface area contributed by atoms with Crippen LogP contribution in [0.1, 0.15) is 43.7 Å². The summed E-state index contributed by atoms with van der Waals surface area (Å²) in [6, 6.07) is 14.9. The van der Waals surface area contributed by atoms with Gasteiger partial charge in [-0.3, -0.25) is 4.79 Å². The number of carbonyl (C=O) groups is 3. The van der Waals surface area contributed by atoms with Crippen molar-refractivity contribution in [2.45, 2.75) is 38.6 Å². The molecule has 0 bridgehead atoms. The van der Waals surface area contributed by atoms with Gasteiger partial charge in [0.1, 0.15) is 12.6 Å². The number of aliphatic hydroxyl groups excluding tert-OH is 1. The largest absolute Gasteiger partial charge is 0.480 e. The van der Waals surface area contributed by atoms with Crippen LogP contribution in [0.4, 0.5) is 4.79 Å². The minimum absolute atomic E-state index is 0.0200. The smallest absolute Gasteiger partial charge is 0.407 e. The lowest BCUT2D eigenvalue weighted by Crippen LogP contribution is -2.47. The van der Waals surface area contributed by atoms with Gasteiger partial charge in [0.25, 0.3) is 0 Å². The summed E-state index contributed by atoms with van der Waals surface area (Å²) >= 11 is 0. The van der Waals surface area contributed by atoms with Crippen LogP contribution in [-0.2, 0) is 14.3 Å². The maximum absolute atomic E-state index is 12.7.